The van der Waals surface area contributed by atoms with E-state index in [1.165, 1.54) is 30.6 Å². The molecule has 0 radical (unpaired) electrons. The van der Waals surface area contributed by atoms with Crippen molar-refractivity contribution in [2.75, 3.05) is 20.3 Å². The number of nitrogens with one attached hydrogen (secondary N) is 1. The SMILES string of the molecule is CCOCC(NC)c1cc2c(s1)CCCC2. The largest absolute Gasteiger partial charge is 0.380 e. The van der Waals surface area contributed by atoms with Crippen LogP contribution in [-0.2, 0) is 17.6 Å². The van der Waals surface area contributed by atoms with Gasteiger partial charge in [0.25, 0.3) is 0 Å². The Morgan fingerprint density at radius 2 is 2.25 bits per heavy atom. The van der Waals surface area contributed by atoms with Gasteiger partial charge in [0, 0.05) is 16.4 Å². The van der Waals surface area contributed by atoms with Gasteiger partial charge in [0.1, 0.15) is 0 Å². The van der Waals surface area contributed by atoms with Crippen LogP contribution in [0.2, 0.25) is 0 Å². The molecule has 1 unspecified atom stereocenters. The number of thiophene rings is 1. The highest BCUT2D eigenvalue weighted by atomic mass is 32.1. The average Bonchev–Trinajstić information content (AvgIpc) is 2.73. The summed E-state index contributed by atoms with van der Waals surface area (Å²) in [5, 5.41) is 3.35. The number of likely N-dealkylation sites (N-methyl/N-ethyl adjacent to an activating group) is 1. The summed E-state index contributed by atoms with van der Waals surface area (Å²) in [5.41, 5.74) is 1.59. The minimum Gasteiger partial charge on any atom is -0.380 e. The summed E-state index contributed by atoms with van der Waals surface area (Å²) in [4.78, 5) is 3.06. The van der Waals surface area contributed by atoms with Crippen molar-refractivity contribution in [1.29, 1.82) is 0 Å². The van der Waals surface area contributed by atoms with Crippen molar-refractivity contribution in [1.82, 2.24) is 5.32 Å². The number of rotatable bonds is 5. The van der Waals surface area contributed by atoms with Gasteiger partial charge in [0.15, 0.2) is 0 Å². The fraction of sp³-hybridized carbons (Fsp3) is 0.692. The number of fused-ring (bicyclic) bond motifs is 1. The van der Waals surface area contributed by atoms with E-state index < -0.39 is 0 Å². The van der Waals surface area contributed by atoms with Crippen molar-refractivity contribution >= 4 is 11.3 Å². The van der Waals surface area contributed by atoms with Gasteiger partial charge in [-0.2, -0.15) is 0 Å². The van der Waals surface area contributed by atoms with E-state index in [0.29, 0.717) is 6.04 Å². The molecule has 2 nitrogen and oxygen atoms in total. The number of hydrogen-bond donors (Lipinski definition) is 1. The average molecular weight is 239 g/mol. The molecular formula is C13H21NOS. The Labute approximate surface area is 102 Å². The first-order valence-electron chi connectivity index (χ1n) is 6.21. The van der Waals surface area contributed by atoms with Gasteiger partial charge >= 0.3 is 0 Å². The van der Waals surface area contributed by atoms with Crippen LogP contribution in [0.1, 0.15) is 41.1 Å². The summed E-state index contributed by atoms with van der Waals surface area (Å²) in [6.07, 6.45) is 5.28. The lowest BCUT2D eigenvalue weighted by molar-refractivity contribution is 0.126. The molecule has 16 heavy (non-hydrogen) atoms. The fourth-order valence-corrected chi connectivity index (χ4v) is 3.58. The lowest BCUT2D eigenvalue weighted by atomic mass is 9.99. The summed E-state index contributed by atoms with van der Waals surface area (Å²) in [5.74, 6) is 0. The fourth-order valence-electron chi connectivity index (χ4n) is 2.23. The maximum Gasteiger partial charge on any atom is 0.0669 e. The van der Waals surface area contributed by atoms with E-state index >= 15 is 0 Å². The zero-order valence-electron chi connectivity index (χ0n) is 10.2. The number of aryl methyl sites for hydroxylation is 2. The van der Waals surface area contributed by atoms with Gasteiger partial charge in [-0.1, -0.05) is 0 Å². The Hall–Kier alpha value is -0.380. The molecule has 1 atom stereocenters. The Kier molecular flexibility index (Phi) is 4.38. The molecule has 1 aromatic rings. The van der Waals surface area contributed by atoms with Gasteiger partial charge in [0.05, 0.1) is 12.6 Å². The smallest absolute Gasteiger partial charge is 0.0669 e. The second-order valence-corrected chi connectivity index (χ2v) is 5.47. The second kappa shape index (κ2) is 5.80. The van der Waals surface area contributed by atoms with Crippen molar-refractivity contribution in [2.45, 2.75) is 38.6 Å². The zero-order chi connectivity index (χ0) is 11.4. The van der Waals surface area contributed by atoms with Crippen LogP contribution in [0.5, 0.6) is 0 Å². The Bertz CT molecular complexity index is 311. The van der Waals surface area contributed by atoms with Crippen LogP contribution in [0.15, 0.2) is 6.07 Å². The lowest BCUT2D eigenvalue weighted by Crippen LogP contribution is -2.20. The molecule has 1 aromatic heterocycles. The molecule has 1 heterocycles. The molecule has 90 valence electrons. The molecule has 2 rings (SSSR count). The third-order valence-corrected chi connectivity index (χ3v) is 4.55. The number of ether oxygens (including phenoxy) is 1. The number of hydrogen-bond acceptors (Lipinski definition) is 3. The lowest BCUT2D eigenvalue weighted by Gasteiger charge is -2.13. The molecule has 0 aliphatic heterocycles. The molecule has 0 saturated carbocycles. The first-order chi connectivity index (χ1) is 7.85. The maximum absolute atomic E-state index is 5.52. The molecule has 0 spiro atoms. The van der Waals surface area contributed by atoms with Crippen LogP contribution < -0.4 is 5.32 Å². The van der Waals surface area contributed by atoms with Gasteiger partial charge in [-0.25, -0.2) is 0 Å². The normalized spacial score (nSPS) is 17.1. The van der Waals surface area contributed by atoms with Crippen molar-refractivity contribution in [3.05, 3.63) is 21.4 Å². The van der Waals surface area contributed by atoms with Crippen LogP contribution in [0.25, 0.3) is 0 Å². The van der Waals surface area contributed by atoms with Gasteiger partial charge < -0.3 is 10.1 Å². The highest BCUT2D eigenvalue weighted by molar-refractivity contribution is 7.12. The summed E-state index contributed by atoms with van der Waals surface area (Å²) >= 11 is 1.98. The summed E-state index contributed by atoms with van der Waals surface area (Å²) in [6, 6.07) is 2.76. The van der Waals surface area contributed by atoms with Gasteiger partial charge in [0.2, 0.25) is 0 Å². The standard InChI is InChI=1S/C13H21NOS/c1-3-15-9-11(14-2)13-8-10-6-4-5-7-12(10)16-13/h8,11,14H,3-7,9H2,1-2H3. The molecule has 1 aliphatic carbocycles. The van der Waals surface area contributed by atoms with Crippen molar-refractivity contribution < 1.29 is 4.74 Å². The van der Waals surface area contributed by atoms with Gasteiger partial charge in [-0.15, -0.1) is 11.3 Å². The zero-order valence-corrected chi connectivity index (χ0v) is 11.0. The molecule has 3 heteroatoms. The molecule has 0 bridgehead atoms. The summed E-state index contributed by atoms with van der Waals surface area (Å²) in [6.45, 7) is 3.63. The molecule has 1 aliphatic rings. The topological polar surface area (TPSA) is 21.3 Å². The van der Waals surface area contributed by atoms with E-state index in [1.54, 1.807) is 10.4 Å². The van der Waals surface area contributed by atoms with E-state index in [4.69, 9.17) is 4.74 Å². The van der Waals surface area contributed by atoms with Crippen LogP contribution in [0.4, 0.5) is 0 Å². The van der Waals surface area contributed by atoms with E-state index in [-0.39, 0.29) is 0 Å². The van der Waals surface area contributed by atoms with Crippen LogP contribution in [0, 0.1) is 0 Å². The van der Waals surface area contributed by atoms with Crippen LogP contribution in [0.3, 0.4) is 0 Å². The highest BCUT2D eigenvalue weighted by Gasteiger charge is 2.18. The van der Waals surface area contributed by atoms with Crippen LogP contribution in [-0.4, -0.2) is 20.3 Å². The predicted molar refractivity (Wildman–Crippen MR) is 69.3 cm³/mol. The monoisotopic (exact) mass is 239 g/mol. The Balaban J connectivity index is 2.09. The molecule has 0 fully saturated rings. The molecule has 0 saturated heterocycles. The van der Waals surface area contributed by atoms with Gasteiger partial charge in [-0.3, -0.25) is 0 Å². The quantitative estimate of drug-likeness (QED) is 0.853. The first-order valence-corrected chi connectivity index (χ1v) is 7.03. The summed E-state index contributed by atoms with van der Waals surface area (Å²) in [7, 11) is 2.02. The Morgan fingerprint density at radius 3 is 2.94 bits per heavy atom. The third-order valence-electron chi connectivity index (χ3n) is 3.20. The molecule has 0 aromatic carbocycles. The predicted octanol–water partition coefficient (Wildman–Crippen LogP) is 2.92. The minimum atomic E-state index is 0.371. The van der Waals surface area contributed by atoms with E-state index in [1.807, 2.05) is 25.3 Å². The van der Waals surface area contributed by atoms with E-state index in [2.05, 4.69) is 11.4 Å². The minimum absolute atomic E-state index is 0.371. The van der Waals surface area contributed by atoms with Crippen molar-refractivity contribution in [2.24, 2.45) is 0 Å². The molecule has 1 N–H and O–H groups in total. The molecule has 0 amide bonds. The van der Waals surface area contributed by atoms with Crippen molar-refractivity contribution in [3.63, 3.8) is 0 Å². The third kappa shape index (κ3) is 2.65. The first kappa shape index (κ1) is 12.1. The maximum atomic E-state index is 5.52. The van der Waals surface area contributed by atoms with E-state index in [0.717, 1.165) is 13.2 Å². The summed E-state index contributed by atoms with van der Waals surface area (Å²) < 4.78 is 5.52. The second-order valence-electron chi connectivity index (χ2n) is 4.31. The van der Waals surface area contributed by atoms with Gasteiger partial charge in [-0.05, 0) is 51.3 Å². The van der Waals surface area contributed by atoms with Crippen molar-refractivity contribution in [3.8, 4) is 0 Å². The molecular weight excluding hydrogens is 218 g/mol. The van der Waals surface area contributed by atoms with E-state index in [9.17, 15) is 0 Å². The Morgan fingerprint density at radius 1 is 1.44 bits per heavy atom. The van der Waals surface area contributed by atoms with Crippen LogP contribution >= 0.6 is 11.3 Å². The highest BCUT2D eigenvalue weighted by Crippen LogP contribution is 2.32.